The van der Waals surface area contributed by atoms with Crippen LogP contribution in [0.15, 0.2) is 52.9 Å². The third-order valence-electron chi connectivity index (χ3n) is 2.86. The van der Waals surface area contributed by atoms with Gasteiger partial charge in [0.1, 0.15) is 5.75 Å². The predicted octanol–water partition coefficient (Wildman–Crippen LogP) is 4.45. The van der Waals surface area contributed by atoms with E-state index in [0.717, 1.165) is 14.6 Å². The average Bonchev–Trinajstić information content (AvgIpc) is 2.89. The van der Waals surface area contributed by atoms with Gasteiger partial charge in [0.15, 0.2) is 4.34 Å². The van der Waals surface area contributed by atoms with E-state index in [1.165, 1.54) is 23.1 Å². The number of para-hydroxylation sites is 1. The van der Waals surface area contributed by atoms with Crippen molar-refractivity contribution < 1.29 is 12.6 Å². The lowest BCUT2D eigenvalue weighted by atomic mass is 10.3. The van der Waals surface area contributed by atoms with E-state index in [4.69, 9.17) is 15.8 Å². The molecule has 3 rings (SSSR count). The standard InChI is InChI=1S/C15H12ClNO3S3/c16-11-6-7-14-13(10-11)17-15(22-14)21-8-9-23(18,19)20-12-4-2-1-3-5-12/h1-7,10H,8-9H2. The number of aromatic nitrogens is 1. The molecule has 1 aromatic heterocycles. The van der Waals surface area contributed by atoms with Crippen LogP contribution in [0.3, 0.4) is 0 Å². The maximum absolute atomic E-state index is 11.9. The molecule has 23 heavy (non-hydrogen) atoms. The molecule has 0 fully saturated rings. The number of thioether (sulfide) groups is 1. The van der Waals surface area contributed by atoms with E-state index >= 15 is 0 Å². The summed E-state index contributed by atoms with van der Waals surface area (Å²) in [6, 6.07) is 14.0. The van der Waals surface area contributed by atoms with Gasteiger partial charge in [0.2, 0.25) is 0 Å². The highest BCUT2D eigenvalue weighted by Crippen LogP contribution is 2.31. The minimum absolute atomic E-state index is 0.0801. The first-order valence-corrected chi connectivity index (χ1v) is 10.4. The van der Waals surface area contributed by atoms with Crippen LogP contribution >= 0.6 is 34.7 Å². The van der Waals surface area contributed by atoms with Crippen molar-refractivity contribution in [2.24, 2.45) is 0 Å². The number of benzene rings is 2. The van der Waals surface area contributed by atoms with E-state index in [9.17, 15) is 8.42 Å². The van der Waals surface area contributed by atoms with E-state index < -0.39 is 10.1 Å². The number of nitrogens with zero attached hydrogens (tertiary/aromatic N) is 1. The smallest absolute Gasteiger partial charge is 0.310 e. The number of rotatable bonds is 6. The van der Waals surface area contributed by atoms with Gasteiger partial charge in [-0.05, 0) is 30.3 Å². The van der Waals surface area contributed by atoms with Gasteiger partial charge in [-0.25, -0.2) is 4.98 Å². The predicted molar refractivity (Wildman–Crippen MR) is 96.2 cm³/mol. The molecule has 4 nitrogen and oxygen atoms in total. The minimum Gasteiger partial charge on any atom is -0.382 e. The molecule has 0 amide bonds. The molecule has 0 unspecified atom stereocenters. The average molecular weight is 386 g/mol. The quantitative estimate of drug-likeness (QED) is 0.463. The van der Waals surface area contributed by atoms with Gasteiger partial charge in [-0.1, -0.05) is 41.6 Å². The zero-order valence-electron chi connectivity index (χ0n) is 11.8. The normalized spacial score (nSPS) is 11.7. The zero-order chi connectivity index (χ0) is 16.3. The molecule has 2 aromatic carbocycles. The number of thiazole rings is 1. The summed E-state index contributed by atoms with van der Waals surface area (Å²) in [6.07, 6.45) is 0. The Morgan fingerprint density at radius 1 is 1.17 bits per heavy atom. The van der Waals surface area contributed by atoms with Crippen molar-refractivity contribution in [1.29, 1.82) is 0 Å². The van der Waals surface area contributed by atoms with Gasteiger partial charge < -0.3 is 4.18 Å². The molecule has 0 N–H and O–H groups in total. The number of fused-ring (bicyclic) bond motifs is 1. The highest BCUT2D eigenvalue weighted by Gasteiger charge is 2.14. The van der Waals surface area contributed by atoms with Crippen molar-refractivity contribution in [3.63, 3.8) is 0 Å². The summed E-state index contributed by atoms with van der Waals surface area (Å²) in [5.74, 6) is 0.624. The molecule has 0 spiro atoms. The second-order valence-electron chi connectivity index (χ2n) is 4.60. The minimum atomic E-state index is -3.61. The first-order valence-electron chi connectivity index (χ1n) is 6.68. The highest BCUT2D eigenvalue weighted by molar-refractivity contribution is 8.02. The van der Waals surface area contributed by atoms with Gasteiger partial charge >= 0.3 is 10.1 Å². The van der Waals surface area contributed by atoms with Crippen molar-refractivity contribution >= 4 is 55.0 Å². The van der Waals surface area contributed by atoms with Gasteiger partial charge in [0, 0.05) is 10.8 Å². The molecule has 0 aliphatic carbocycles. The molecule has 0 radical (unpaired) electrons. The second-order valence-corrected chi connectivity index (χ2v) is 9.10. The van der Waals surface area contributed by atoms with Crippen molar-refractivity contribution in [3.8, 4) is 5.75 Å². The van der Waals surface area contributed by atoms with Gasteiger partial charge in [-0.15, -0.1) is 11.3 Å². The van der Waals surface area contributed by atoms with Crippen LogP contribution < -0.4 is 4.18 Å². The molecule has 8 heteroatoms. The number of halogens is 1. The van der Waals surface area contributed by atoms with Crippen LogP contribution in [0.1, 0.15) is 0 Å². The maximum Gasteiger partial charge on any atom is 0.310 e. The molecular formula is C15H12ClNO3S3. The molecule has 0 aliphatic rings. The summed E-state index contributed by atoms with van der Waals surface area (Å²) in [5.41, 5.74) is 0.827. The monoisotopic (exact) mass is 385 g/mol. The Labute approximate surface area is 147 Å². The van der Waals surface area contributed by atoms with Crippen molar-refractivity contribution in [2.75, 3.05) is 11.5 Å². The summed E-state index contributed by atoms with van der Waals surface area (Å²) in [6.45, 7) is 0. The fourth-order valence-corrected chi connectivity index (χ4v) is 5.41. The van der Waals surface area contributed by atoms with Gasteiger partial charge in [-0.2, -0.15) is 8.42 Å². The van der Waals surface area contributed by atoms with E-state index in [0.29, 0.717) is 16.5 Å². The van der Waals surface area contributed by atoms with Crippen LogP contribution in [0.25, 0.3) is 10.2 Å². The van der Waals surface area contributed by atoms with Crippen molar-refractivity contribution in [2.45, 2.75) is 4.34 Å². The fraction of sp³-hybridized carbons (Fsp3) is 0.133. The van der Waals surface area contributed by atoms with E-state index in [-0.39, 0.29) is 5.75 Å². The number of hydrogen-bond acceptors (Lipinski definition) is 6. The Balaban J connectivity index is 1.59. The molecule has 1 heterocycles. The lowest BCUT2D eigenvalue weighted by Gasteiger charge is -2.05. The Morgan fingerprint density at radius 2 is 1.96 bits per heavy atom. The lowest BCUT2D eigenvalue weighted by Crippen LogP contribution is -2.15. The first kappa shape index (κ1) is 16.6. The maximum atomic E-state index is 11.9. The fourth-order valence-electron chi connectivity index (χ4n) is 1.84. The summed E-state index contributed by atoms with van der Waals surface area (Å²) in [4.78, 5) is 4.44. The topological polar surface area (TPSA) is 56.3 Å². The van der Waals surface area contributed by atoms with Gasteiger partial charge in [0.25, 0.3) is 0 Å². The Morgan fingerprint density at radius 3 is 2.74 bits per heavy atom. The van der Waals surface area contributed by atoms with Crippen molar-refractivity contribution in [1.82, 2.24) is 4.98 Å². The van der Waals surface area contributed by atoms with Gasteiger partial charge in [0.05, 0.1) is 16.0 Å². The molecule has 120 valence electrons. The Hall–Kier alpha value is -1.28. The molecule has 0 bridgehead atoms. The van der Waals surface area contributed by atoms with E-state index in [1.54, 1.807) is 36.4 Å². The van der Waals surface area contributed by atoms with Gasteiger partial charge in [-0.3, -0.25) is 0 Å². The van der Waals surface area contributed by atoms with Crippen LogP contribution in [-0.4, -0.2) is 24.9 Å². The molecule has 0 saturated carbocycles. The largest absolute Gasteiger partial charge is 0.382 e. The van der Waals surface area contributed by atoms with E-state index in [1.807, 2.05) is 12.1 Å². The molecule has 0 atom stereocenters. The molecule has 3 aromatic rings. The van der Waals surface area contributed by atoms with Crippen LogP contribution in [0.5, 0.6) is 5.75 Å². The first-order chi connectivity index (χ1) is 11.0. The van der Waals surface area contributed by atoms with Crippen molar-refractivity contribution in [3.05, 3.63) is 53.6 Å². The summed E-state index contributed by atoms with van der Waals surface area (Å²) in [5, 5.41) is 0.637. The second kappa shape index (κ2) is 7.09. The summed E-state index contributed by atoms with van der Waals surface area (Å²) in [7, 11) is -3.61. The molecule has 0 aliphatic heterocycles. The summed E-state index contributed by atoms with van der Waals surface area (Å²) < 4.78 is 30.8. The molecular weight excluding hydrogens is 374 g/mol. The van der Waals surface area contributed by atoms with Crippen LogP contribution in [0.2, 0.25) is 5.02 Å². The SMILES string of the molecule is O=S(=O)(CCSc1nc2cc(Cl)ccc2s1)Oc1ccccc1. The lowest BCUT2D eigenvalue weighted by molar-refractivity contribution is 0.488. The number of hydrogen-bond donors (Lipinski definition) is 0. The highest BCUT2D eigenvalue weighted by atomic mass is 35.5. The third kappa shape index (κ3) is 4.60. The zero-order valence-corrected chi connectivity index (χ0v) is 15.0. The van der Waals surface area contributed by atoms with Crippen LogP contribution in [-0.2, 0) is 10.1 Å². The third-order valence-corrected chi connectivity index (χ3v) is 6.68. The Bertz CT molecular complexity index is 910. The summed E-state index contributed by atoms with van der Waals surface area (Å²) >= 11 is 8.84. The van der Waals surface area contributed by atoms with Crippen LogP contribution in [0.4, 0.5) is 0 Å². The van der Waals surface area contributed by atoms with E-state index in [2.05, 4.69) is 4.98 Å². The Kier molecular flexibility index (Phi) is 5.11. The van der Waals surface area contributed by atoms with Crippen LogP contribution in [0, 0.1) is 0 Å². The molecule has 0 saturated heterocycles.